The maximum Gasteiger partial charge on any atom is 0.259 e. The SMILES string of the molecule is CCCS(=O)(=O)N1CCC(c2cncc(N3C(=O)c4ccc(Cl)cc4C3(C)C)c2)CC1. The number of anilines is 1. The normalized spacial score (nSPS) is 19.6. The highest BCUT2D eigenvalue weighted by molar-refractivity contribution is 7.89. The molecule has 8 heteroatoms. The zero-order valence-electron chi connectivity index (χ0n) is 18.1. The van der Waals surface area contributed by atoms with Crippen LogP contribution in [-0.4, -0.2) is 42.5 Å². The molecule has 0 saturated carbocycles. The molecule has 1 saturated heterocycles. The molecule has 0 radical (unpaired) electrons. The number of amides is 1. The molecule has 0 aliphatic carbocycles. The minimum atomic E-state index is -3.16. The molecule has 3 heterocycles. The molecule has 2 aromatic rings. The van der Waals surface area contributed by atoms with Gasteiger partial charge in [-0.3, -0.25) is 14.7 Å². The number of piperidine rings is 1. The number of pyridine rings is 1. The number of hydrogen-bond acceptors (Lipinski definition) is 4. The van der Waals surface area contributed by atoms with E-state index >= 15 is 0 Å². The molecule has 6 nitrogen and oxygen atoms in total. The lowest BCUT2D eigenvalue weighted by atomic mass is 9.90. The van der Waals surface area contributed by atoms with Gasteiger partial charge < -0.3 is 0 Å². The van der Waals surface area contributed by atoms with Crippen LogP contribution in [0.5, 0.6) is 0 Å². The van der Waals surface area contributed by atoms with Gasteiger partial charge in [-0.15, -0.1) is 0 Å². The maximum absolute atomic E-state index is 13.2. The summed E-state index contributed by atoms with van der Waals surface area (Å²) >= 11 is 6.19. The molecule has 0 spiro atoms. The van der Waals surface area contributed by atoms with Gasteiger partial charge in [0.2, 0.25) is 10.0 Å². The van der Waals surface area contributed by atoms with Crippen molar-refractivity contribution in [2.75, 3.05) is 23.7 Å². The van der Waals surface area contributed by atoms with Crippen LogP contribution in [-0.2, 0) is 15.6 Å². The van der Waals surface area contributed by atoms with Gasteiger partial charge in [0, 0.05) is 29.9 Å². The summed E-state index contributed by atoms with van der Waals surface area (Å²) in [5, 5.41) is 0.609. The Balaban J connectivity index is 1.57. The molecular formula is C23H28ClN3O3S. The highest BCUT2D eigenvalue weighted by atomic mass is 35.5. The van der Waals surface area contributed by atoms with E-state index in [1.54, 1.807) is 27.5 Å². The van der Waals surface area contributed by atoms with E-state index in [-0.39, 0.29) is 17.6 Å². The molecule has 1 fully saturated rings. The predicted octanol–water partition coefficient (Wildman–Crippen LogP) is 4.55. The quantitative estimate of drug-likeness (QED) is 0.654. The summed E-state index contributed by atoms with van der Waals surface area (Å²) in [6.07, 6.45) is 5.68. The largest absolute Gasteiger partial charge is 0.297 e. The number of aromatic nitrogens is 1. The number of nitrogens with zero attached hydrogens (tertiary/aromatic N) is 3. The summed E-state index contributed by atoms with van der Waals surface area (Å²) in [4.78, 5) is 19.4. The minimum absolute atomic E-state index is 0.0592. The number of rotatable bonds is 5. The van der Waals surface area contributed by atoms with Crippen LogP contribution in [0.2, 0.25) is 5.02 Å². The van der Waals surface area contributed by atoms with Crippen molar-refractivity contribution in [3.05, 3.63) is 58.4 Å². The fraction of sp³-hybridized carbons (Fsp3) is 0.478. The summed E-state index contributed by atoms with van der Waals surface area (Å²) in [6, 6.07) is 7.41. The van der Waals surface area contributed by atoms with Gasteiger partial charge in [0.1, 0.15) is 0 Å². The first kappa shape index (κ1) is 22.2. The summed E-state index contributed by atoms with van der Waals surface area (Å²) < 4.78 is 26.3. The Morgan fingerprint density at radius 2 is 1.87 bits per heavy atom. The standard InChI is InChI=1S/C23H28ClN3O3S/c1-4-11-31(29,30)26-9-7-16(8-10-26)17-12-19(15-25-14-17)27-22(28)20-6-5-18(24)13-21(20)23(27,2)3/h5-6,12-16H,4,7-11H2,1-3H3. The molecule has 1 aromatic carbocycles. The van der Waals surface area contributed by atoms with Gasteiger partial charge in [-0.1, -0.05) is 18.5 Å². The first-order valence-corrected chi connectivity index (χ1v) is 12.7. The topological polar surface area (TPSA) is 70.6 Å². The van der Waals surface area contributed by atoms with Crippen molar-refractivity contribution in [2.45, 2.75) is 51.5 Å². The van der Waals surface area contributed by atoms with Gasteiger partial charge in [-0.2, -0.15) is 0 Å². The Kier molecular flexibility index (Phi) is 5.87. The van der Waals surface area contributed by atoms with Crippen molar-refractivity contribution in [3.8, 4) is 0 Å². The van der Waals surface area contributed by atoms with Gasteiger partial charge in [-0.05, 0) is 74.4 Å². The third-order valence-corrected chi connectivity index (χ3v) is 8.73. The molecular weight excluding hydrogens is 434 g/mol. The Bertz CT molecular complexity index is 1110. The predicted molar refractivity (Wildman–Crippen MR) is 123 cm³/mol. The number of sulfonamides is 1. The monoisotopic (exact) mass is 461 g/mol. The summed E-state index contributed by atoms with van der Waals surface area (Å²) in [6.45, 7) is 6.95. The summed E-state index contributed by atoms with van der Waals surface area (Å²) in [5.41, 5.74) is 2.82. The lowest BCUT2D eigenvalue weighted by Gasteiger charge is -2.34. The van der Waals surface area contributed by atoms with E-state index < -0.39 is 15.6 Å². The maximum atomic E-state index is 13.2. The smallest absolute Gasteiger partial charge is 0.259 e. The number of hydrogen-bond donors (Lipinski definition) is 0. The highest BCUT2D eigenvalue weighted by Gasteiger charge is 2.44. The van der Waals surface area contributed by atoms with Crippen LogP contribution in [0.3, 0.4) is 0 Å². The molecule has 2 aliphatic heterocycles. The van der Waals surface area contributed by atoms with Crippen LogP contribution < -0.4 is 4.90 Å². The van der Waals surface area contributed by atoms with Crippen LogP contribution in [0.1, 0.15) is 67.4 Å². The van der Waals surface area contributed by atoms with E-state index in [9.17, 15) is 13.2 Å². The first-order chi connectivity index (χ1) is 14.6. The average Bonchev–Trinajstić information content (AvgIpc) is 2.93. The van der Waals surface area contributed by atoms with E-state index in [0.717, 1.165) is 29.7 Å². The van der Waals surface area contributed by atoms with Crippen molar-refractivity contribution in [3.63, 3.8) is 0 Å². The highest BCUT2D eigenvalue weighted by Crippen LogP contribution is 2.43. The van der Waals surface area contributed by atoms with E-state index in [1.165, 1.54) is 0 Å². The van der Waals surface area contributed by atoms with Crippen molar-refractivity contribution >= 4 is 33.2 Å². The number of carbonyl (C=O) groups excluding carboxylic acids is 1. The van der Waals surface area contributed by atoms with Gasteiger partial charge in [0.15, 0.2) is 0 Å². The fourth-order valence-corrected chi connectivity index (χ4v) is 6.50. The van der Waals surface area contributed by atoms with Gasteiger partial charge in [-0.25, -0.2) is 12.7 Å². The summed E-state index contributed by atoms with van der Waals surface area (Å²) in [7, 11) is -3.16. The molecule has 0 atom stereocenters. The molecule has 166 valence electrons. The number of carbonyl (C=O) groups is 1. The number of benzene rings is 1. The molecule has 2 aliphatic rings. The Morgan fingerprint density at radius 3 is 2.55 bits per heavy atom. The molecule has 1 aromatic heterocycles. The Morgan fingerprint density at radius 1 is 1.16 bits per heavy atom. The first-order valence-electron chi connectivity index (χ1n) is 10.7. The minimum Gasteiger partial charge on any atom is -0.297 e. The van der Waals surface area contributed by atoms with E-state index in [2.05, 4.69) is 4.98 Å². The average molecular weight is 462 g/mol. The van der Waals surface area contributed by atoms with E-state index in [0.29, 0.717) is 30.1 Å². The van der Waals surface area contributed by atoms with Crippen molar-refractivity contribution in [1.82, 2.24) is 9.29 Å². The second-order valence-electron chi connectivity index (χ2n) is 8.86. The zero-order chi connectivity index (χ0) is 22.4. The lowest BCUT2D eigenvalue weighted by molar-refractivity contribution is 0.0982. The molecule has 0 bridgehead atoms. The van der Waals surface area contributed by atoms with Crippen molar-refractivity contribution in [2.24, 2.45) is 0 Å². The number of fused-ring (bicyclic) bond motifs is 1. The van der Waals surface area contributed by atoms with Crippen molar-refractivity contribution < 1.29 is 13.2 Å². The van der Waals surface area contributed by atoms with Gasteiger partial charge in [0.25, 0.3) is 5.91 Å². The van der Waals surface area contributed by atoms with Crippen LogP contribution in [0, 0.1) is 0 Å². The summed E-state index contributed by atoms with van der Waals surface area (Å²) in [5.74, 6) is 0.361. The molecule has 31 heavy (non-hydrogen) atoms. The molecule has 0 unspecified atom stereocenters. The Hall–Kier alpha value is -1.96. The van der Waals surface area contributed by atoms with Crippen LogP contribution in [0.15, 0.2) is 36.7 Å². The Labute approximate surface area is 189 Å². The zero-order valence-corrected chi connectivity index (χ0v) is 19.7. The van der Waals surface area contributed by atoms with Crippen LogP contribution in [0.4, 0.5) is 5.69 Å². The van der Waals surface area contributed by atoms with Crippen LogP contribution in [0.25, 0.3) is 0 Å². The number of halogens is 1. The van der Waals surface area contributed by atoms with E-state index in [1.807, 2.05) is 39.1 Å². The molecule has 1 amide bonds. The second kappa shape index (κ2) is 8.19. The second-order valence-corrected chi connectivity index (χ2v) is 11.4. The van der Waals surface area contributed by atoms with E-state index in [4.69, 9.17) is 11.6 Å². The van der Waals surface area contributed by atoms with Gasteiger partial charge in [0.05, 0.1) is 23.2 Å². The van der Waals surface area contributed by atoms with Gasteiger partial charge >= 0.3 is 0 Å². The fourth-order valence-electron chi connectivity index (χ4n) is 4.79. The lowest BCUT2D eigenvalue weighted by Crippen LogP contribution is -2.40. The molecule has 0 N–H and O–H groups in total. The van der Waals surface area contributed by atoms with Crippen molar-refractivity contribution in [1.29, 1.82) is 0 Å². The van der Waals surface area contributed by atoms with Crippen LogP contribution >= 0.6 is 11.6 Å². The third-order valence-electron chi connectivity index (χ3n) is 6.42. The molecule has 4 rings (SSSR count). The third kappa shape index (κ3) is 3.99.